The van der Waals surface area contributed by atoms with E-state index in [9.17, 15) is 9.59 Å². The summed E-state index contributed by atoms with van der Waals surface area (Å²) in [5, 5.41) is 2.92. The molecule has 0 spiro atoms. The first-order valence-corrected chi connectivity index (χ1v) is 7.04. The predicted molar refractivity (Wildman–Crippen MR) is 72.1 cm³/mol. The molecular formula is C14H26N2O2. The predicted octanol–water partition coefficient (Wildman–Crippen LogP) is 1.80. The van der Waals surface area contributed by atoms with E-state index in [4.69, 9.17) is 0 Å². The lowest BCUT2D eigenvalue weighted by Crippen LogP contribution is -2.41. The summed E-state index contributed by atoms with van der Waals surface area (Å²) in [7, 11) is 0. The highest BCUT2D eigenvalue weighted by Gasteiger charge is 2.24. The number of nitrogens with one attached hydrogen (secondary N) is 1. The zero-order valence-corrected chi connectivity index (χ0v) is 11.9. The van der Waals surface area contributed by atoms with E-state index in [1.54, 1.807) is 6.92 Å². The van der Waals surface area contributed by atoms with Gasteiger partial charge < -0.3 is 10.2 Å². The standard InChI is InChI=1S/C14H26N2O2/c1-11(2)7-9-16(12(3)17)10-8-15-14(18)13-5-4-6-13/h11,13H,4-10H2,1-3H3,(H,15,18). The van der Waals surface area contributed by atoms with E-state index < -0.39 is 0 Å². The fourth-order valence-electron chi connectivity index (χ4n) is 1.97. The zero-order chi connectivity index (χ0) is 13.5. The third-order valence-corrected chi connectivity index (χ3v) is 3.58. The largest absolute Gasteiger partial charge is 0.354 e. The zero-order valence-electron chi connectivity index (χ0n) is 11.9. The summed E-state index contributed by atoms with van der Waals surface area (Å²) in [6.07, 6.45) is 4.23. The Kier molecular flexibility index (Phi) is 6.16. The average molecular weight is 254 g/mol. The quantitative estimate of drug-likeness (QED) is 0.753. The van der Waals surface area contributed by atoms with Gasteiger partial charge in [0.1, 0.15) is 0 Å². The Bertz CT molecular complexity index is 286. The summed E-state index contributed by atoms with van der Waals surface area (Å²) in [5.41, 5.74) is 0. The van der Waals surface area contributed by atoms with Crippen LogP contribution in [0.5, 0.6) is 0 Å². The maximum absolute atomic E-state index is 11.6. The molecule has 1 saturated carbocycles. The lowest BCUT2D eigenvalue weighted by atomic mass is 9.85. The SMILES string of the molecule is CC(=O)N(CCNC(=O)C1CCC1)CCC(C)C. The summed E-state index contributed by atoms with van der Waals surface area (Å²) >= 11 is 0. The molecule has 1 N–H and O–H groups in total. The normalized spacial score (nSPS) is 15.3. The van der Waals surface area contributed by atoms with Crippen LogP contribution in [-0.2, 0) is 9.59 Å². The molecule has 0 heterocycles. The van der Waals surface area contributed by atoms with Crippen LogP contribution in [-0.4, -0.2) is 36.3 Å². The Hall–Kier alpha value is -1.06. The number of hydrogen-bond acceptors (Lipinski definition) is 2. The molecule has 0 aliphatic heterocycles. The van der Waals surface area contributed by atoms with Gasteiger partial charge in [-0.1, -0.05) is 20.3 Å². The van der Waals surface area contributed by atoms with E-state index in [2.05, 4.69) is 19.2 Å². The molecule has 0 aromatic carbocycles. The van der Waals surface area contributed by atoms with Crippen LogP contribution < -0.4 is 5.32 Å². The Morgan fingerprint density at radius 2 is 1.94 bits per heavy atom. The maximum atomic E-state index is 11.6. The molecule has 0 unspecified atom stereocenters. The minimum absolute atomic E-state index is 0.0912. The van der Waals surface area contributed by atoms with Gasteiger partial charge in [-0.05, 0) is 25.2 Å². The Balaban J connectivity index is 2.20. The lowest BCUT2D eigenvalue weighted by molar-refractivity contribution is -0.130. The first-order chi connectivity index (χ1) is 8.50. The smallest absolute Gasteiger partial charge is 0.223 e. The van der Waals surface area contributed by atoms with Crippen LogP contribution >= 0.6 is 0 Å². The first-order valence-electron chi connectivity index (χ1n) is 7.04. The summed E-state index contributed by atoms with van der Waals surface area (Å²) in [5.74, 6) is 1.07. The Labute approximate surface area is 110 Å². The first kappa shape index (κ1) is 15.0. The van der Waals surface area contributed by atoms with Crippen molar-refractivity contribution in [2.45, 2.75) is 46.5 Å². The second-order valence-electron chi connectivity index (χ2n) is 5.61. The van der Waals surface area contributed by atoms with Crippen molar-refractivity contribution in [2.24, 2.45) is 11.8 Å². The van der Waals surface area contributed by atoms with Crippen LogP contribution in [0.4, 0.5) is 0 Å². The van der Waals surface area contributed by atoms with Crippen LogP contribution in [0.25, 0.3) is 0 Å². The van der Waals surface area contributed by atoms with Crippen LogP contribution in [0.15, 0.2) is 0 Å². The Morgan fingerprint density at radius 1 is 1.28 bits per heavy atom. The van der Waals surface area contributed by atoms with E-state index in [0.29, 0.717) is 19.0 Å². The van der Waals surface area contributed by atoms with Gasteiger partial charge in [0.05, 0.1) is 0 Å². The van der Waals surface area contributed by atoms with E-state index in [1.807, 2.05) is 4.90 Å². The second-order valence-corrected chi connectivity index (χ2v) is 5.61. The Morgan fingerprint density at radius 3 is 2.39 bits per heavy atom. The highest BCUT2D eigenvalue weighted by atomic mass is 16.2. The lowest BCUT2D eigenvalue weighted by Gasteiger charge is -2.26. The second kappa shape index (κ2) is 7.39. The van der Waals surface area contributed by atoms with Crippen molar-refractivity contribution in [2.75, 3.05) is 19.6 Å². The van der Waals surface area contributed by atoms with Gasteiger partial charge >= 0.3 is 0 Å². The van der Waals surface area contributed by atoms with Crippen molar-refractivity contribution in [3.05, 3.63) is 0 Å². The van der Waals surface area contributed by atoms with Crippen LogP contribution in [0, 0.1) is 11.8 Å². The van der Waals surface area contributed by atoms with Gasteiger partial charge in [-0.15, -0.1) is 0 Å². The van der Waals surface area contributed by atoms with E-state index in [1.165, 1.54) is 6.42 Å². The molecule has 0 radical (unpaired) electrons. The van der Waals surface area contributed by atoms with Gasteiger partial charge in [0.2, 0.25) is 11.8 Å². The molecule has 4 heteroatoms. The van der Waals surface area contributed by atoms with Crippen LogP contribution in [0.1, 0.15) is 46.5 Å². The molecule has 1 fully saturated rings. The minimum atomic E-state index is 0.0912. The van der Waals surface area contributed by atoms with Gasteiger partial charge in [0.25, 0.3) is 0 Å². The number of rotatable bonds is 7. The average Bonchev–Trinajstić information content (AvgIpc) is 2.19. The number of carbonyl (C=O) groups excluding carboxylic acids is 2. The molecule has 1 rings (SSSR count). The van der Waals surface area contributed by atoms with Gasteiger partial charge in [-0.2, -0.15) is 0 Å². The summed E-state index contributed by atoms with van der Waals surface area (Å²) < 4.78 is 0. The molecule has 0 atom stereocenters. The molecule has 0 saturated heterocycles. The summed E-state index contributed by atoms with van der Waals surface area (Å²) in [4.78, 5) is 24.9. The monoisotopic (exact) mass is 254 g/mol. The number of nitrogens with zero attached hydrogens (tertiary/aromatic N) is 1. The van der Waals surface area contributed by atoms with Crippen molar-refractivity contribution < 1.29 is 9.59 Å². The summed E-state index contributed by atoms with van der Waals surface area (Å²) in [6, 6.07) is 0. The van der Waals surface area contributed by atoms with Gasteiger partial charge in [-0.3, -0.25) is 9.59 Å². The van der Waals surface area contributed by atoms with Crippen molar-refractivity contribution in [1.29, 1.82) is 0 Å². The molecule has 0 aromatic heterocycles. The molecule has 0 aromatic rings. The van der Waals surface area contributed by atoms with Crippen molar-refractivity contribution in [3.8, 4) is 0 Å². The topological polar surface area (TPSA) is 49.4 Å². The molecule has 4 nitrogen and oxygen atoms in total. The van der Waals surface area contributed by atoms with Crippen LogP contribution in [0.3, 0.4) is 0 Å². The molecule has 2 amide bonds. The van der Waals surface area contributed by atoms with Crippen molar-refractivity contribution in [1.82, 2.24) is 10.2 Å². The van der Waals surface area contributed by atoms with Crippen LogP contribution in [0.2, 0.25) is 0 Å². The van der Waals surface area contributed by atoms with Gasteiger partial charge in [0.15, 0.2) is 0 Å². The van der Waals surface area contributed by atoms with Crippen molar-refractivity contribution >= 4 is 11.8 Å². The molecule has 18 heavy (non-hydrogen) atoms. The molecule has 0 bridgehead atoms. The third kappa shape index (κ3) is 5.07. The van der Waals surface area contributed by atoms with E-state index in [-0.39, 0.29) is 17.7 Å². The third-order valence-electron chi connectivity index (χ3n) is 3.58. The van der Waals surface area contributed by atoms with E-state index in [0.717, 1.165) is 25.8 Å². The van der Waals surface area contributed by atoms with Gasteiger partial charge in [0, 0.05) is 32.5 Å². The number of hydrogen-bond donors (Lipinski definition) is 1. The fourth-order valence-corrected chi connectivity index (χ4v) is 1.97. The van der Waals surface area contributed by atoms with E-state index >= 15 is 0 Å². The number of amides is 2. The minimum Gasteiger partial charge on any atom is -0.354 e. The molecular weight excluding hydrogens is 228 g/mol. The molecule has 1 aliphatic carbocycles. The maximum Gasteiger partial charge on any atom is 0.223 e. The molecule has 1 aliphatic rings. The summed E-state index contributed by atoms with van der Waals surface area (Å²) in [6.45, 7) is 7.88. The van der Waals surface area contributed by atoms with Gasteiger partial charge in [-0.25, -0.2) is 0 Å². The van der Waals surface area contributed by atoms with Crippen molar-refractivity contribution in [3.63, 3.8) is 0 Å². The highest BCUT2D eigenvalue weighted by Crippen LogP contribution is 2.25. The molecule has 104 valence electrons. The highest BCUT2D eigenvalue weighted by molar-refractivity contribution is 5.79. The number of carbonyl (C=O) groups is 2. The fraction of sp³-hybridized carbons (Fsp3) is 0.857.